The Morgan fingerprint density at radius 1 is 1.24 bits per heavy atom. The third-order valence-electron chi connectivity index (χ3n) is 2.69. The summed E-state index contributed by atoms with van der Waals surface area (Å²) in [6.45, 7) is 2.06. The molecule has 0 aliphatic rings. The number of rotatable bonds is 4. The maximum absolute atomic E-state index is 12.2. The second-order valence-corrected chi connectivity index (χ2v) is 5.14. The van der Waals surface area contributed by atoms with Crippen LogP contribution in [-0.4, -0.2) is 5.78 Å². The first-order valence-corrected chi connectivity index (χ1v) is 6.81. The number of Topliss-reactive ketones (excluding diaryl/α,β-unsaturated/α-hetero) is 1. The Labute approximate surface area is 110 Å². The monoisotopic (exact) mass is 264 g/mol. The van der Waals surface area contributed by atoms with E-state index in [-0.39, 0.29) is 5.78 Å². The van der Waals surface area contributed by atoms with Gasteiger partial charge in [-0.1, -0.05) is 36.7 Å². The van der Waals surface area contributed by atoms with Crippen LogP contribution in [0.2, 0.25) is 5.02 Å². The van der Waals surface area contributed by atoms with Gasteiger partial charge in [-0.2, -0.15) is 0 Å². The molecule has 17 heavy (non-hydrogen) atoms. The minimum atomic E-state index is 0.157. The molecule has 2 rings (SSSR count). The summed E-state index contributed by atoms with van der Waals surface area (Å²) in [5.41, 5.74) is 2.03. The summed E-state index contributed by atoms with van der Waals surface area (Å²) < 4.78 is 0. The highest BCUT2D eigenvalue weighted by atomic mass is 35.5. The minimum absolute atomic E-state index is 0.157. The second kappa shape index (κ2) is 5.48. The van der Waals surface area contributed by atoms with E-state index in [1.807, 2.05) is 35.7 Å². The number of carbonyl (C=O) groups is 1. The summed E-state index contributed by atoms with van der Waals surface area (Å²) in [5, 5.41) is 2.63. The van der Waals surface area contributed by atoms with Gasteiger partial charge in [0, 0.05) is 11.4 Å². The lowest BCUT2D eigenvalue weighted by molar-refractivity contribution is 0.0996. The van der Waals surface area contributed by atoms with Crippen molar-refractivity contribution in [1.29, 1.82) is 0 Å². The van der Waals surface area contributed by atoms with Crippen LogP contribution < -0.4 is 0 Å². The number of carbonyl (C=O) groups excluding carboxylic acids is 1. The van der Waals surface area contributed by atoms with Crippen molar-refractivity contribution in [2.45, 2.75) is 19.8 Å². The van der Waals surface area contributed by atoms with E-state index in [9.17, 15) is 4.79 Å². The molecule has 0 radical (unpaired) electrons. The highest BCUT2D eigenvalue weighted by Gasteiger charge is 2.13. The van der Waals surface area contributed by atoms with Gasteiger partial charge in [-0.3, -0.25) is 4.79 Å². The Hall–Kier alpha value is -1.12. The first kappa shape index (κ1) is 12.3. The topological polar surface area (TPSA) is 17.1 Å². The van der Waals surface area contributed by atoms with Gasteiger partial charge in [0.2, 0.25) is 0 Å². The van der Waals surface area contributed by atoms with Gasteiger partial charge >= 0.3 is 0 Å². The Morgan fingerprint density at radius 3 is 2.71 bits per heavy atom. The van der Waals surface area contributed by atoms with E-state index in [0.29, 0.717) is 11.4 Å². The maximum atomic E-state index is 12.2. The molecular formula is C14H13ClOS. The molecule has 1 aromatic carbocycles. The fourth-order valence-corrected chi connectivity index (χ4v) is 2.89. The van der Waals surface area contributed by atoms with E-state index in [1.54, 1.807) is 0 Å². The molecule has 1 aromatic heterocycles. The van der Waals surface area contributed by atoms with Gasteiger partial charge in [0.15, 0.2) is 5.78 Å². The van der Waals surface area contributed by atoms with Gasteiger partial charge in [0.1, 0.15) is 0 Å². The van der Waals surface area contributed by atoms with E-state index < -0.39 is 0 Å². The molecule has 0 amide bonds. The minimum Gasteiger partial charge on any atom is -0.293 e. The summed E-state index contributed by atoms with van der Waals surface area (Å²) >= 11 is 7.57. The lowest BCUT2D eigenvalue weighted by Gasteiger charge is -2.03. The van der Waals surface area contributed by atoms with Crippen LogP contribution in [0.4, 0.5) is 0 Å². The molecule has 0 spiro atoms. The lowest BCUT2D eigenvalue weighted by Crippen LogP contribution is -2.04. The molecule has 0 unspecified atom stereocenters. The summed E-state index contributed by atoms with van der Waals surface area (Å²) in [6.07, 6.45) is 1.28. The number of halogens is 1. The van der Waals surface area contributed by atoms with Crippen molar-refractivity contribution in [3.05, 3.63) is 56.7 Å². The molecule has 0 aliphatic heterocycles. The SMILES string of the molecule is CCc1ccsc1C(=O)Cc1ccccc1Cl. The predicted molar refractivity (Wildman–Crippen MR) is 73.2 cm³/mol. The van der Waals surface area contributed by atoms with Gasteiger partial charge in [-0.05, 0) is 35.1 Å². The standard InChI is InChI=1S/C14H13ClOS/c1-2-10-7-8-17-14(10)13(16)9-11-5-3-4-6-12(11)15/h3-8H,2,9H2,1H3. The molecule has 1 nitrogen and oxygen atoms in total. The lowest BCUT2D eigenvalue weighted by atomic mass is 10.1. The average molecular weight is 265 g/mol. The van der Waals surface area contributed by atoms with E-state index in [0.717, 1.165) is 22.4 Å². The highest BCUT2D eigenvalue weighted by molar-refractivity contribution is 7.12. The molecule has 0 atom stereocenters. The molecule has 0 saturated carbocycles. The van der Waals surface area contributed by atoms with Gasteiger partial charge in [-0.25, -0.2) is 0 Å². The van der Waals surface area contributed by atoms with Gasteiger partial charge in [0.05, 0.1) is 4.88 Å². The second-order valence-electron chi connectivity index (χ2n) is 3.82. The number of hydrogen-bond acceptors (Lipinski definition) is 2. The Morgan fingerprint density at radius 2 is 2.00 bits per heavy atom. The summed E-state index contributed by atoms with van der Waals surface area (Å²) in [7, 11) is 0. The van der Waals surface area contributed by atoms with E-state index in [1.165, 1.54) is 11.3 Å². The summed E-state index contributed by atoms with van der Waals surface area (Å²) in [4.78, 5) is 13.0. The van der Waals surface area contributed by atoms with Crippen LogP contribution in [0.15, 0.2) is 35.7 Å². The van der Waals surface area contributed by atoms with Crippen molar-refractivity contribution in [1.82, 2.24) is 0 Å². The summed E-state index contributed by atoms with van der Waals surface area (Å²) in [5.74, 6) is 0.157. The quantitative estimate of drug-likeness (QED) is 0.749. The molecule has 0 aliphatic carbocycles. The van der Waals surface area contributed by atoms with Crippen molar-refractivity contribution in [2.24, 2.45) is 0 Å². The van der Waals surface area contributed by atoms with Crippen LogP contribution in [0.3, 0.4) is 0 Å². The highest BCUT2D eigenvalue weighted by Crippen LogP contribution is 2.22. The Bertz CT molecular complexity index is 531. The number of thiophene rings is 1. The number of hydrogen-bond donors (Lipinski definition) is 0. The molecule has 2 aromatic rings. The zero-order chi connectivity index (χ0) is 12.3. The number of aryl methyl sites for hydroxylation is 1. The van der Waals surface area contributed by atoms with Crippen molar-refractivity contribution in [2.75, 3.05) is 0 Å². The van der Waals surface area contributed by atoms with Crippen LogP contribution in [-0.2, 0) is 12.8 Å². The number of benzene rings is 1. The summed E-state index contributed by atoms with van der Waals surface area (Å²) in [6, 6.07) is 9.52. The zero-order valence-corrected chi connectivity index (χ0v) is 11.1. The molecule has 1 heterocycles. The average Bonchev–Trinajstić information content (AvgIpc) is 2.80. The smallest absolute Gasteiger partial charge is 0.177 e. The van der Waals surface area contributed by atoms with Crippen molar-refractivity contribution < 1.29 is 4.79 Å². The molecular weight excluding hydrogens is 252 g/mol. The maximum Gasteiger partial charge on any atom is 0.177 e. The van der Waals surface area contributed by atoms with Crippen LogP contribution in [0.25, 0.3) is 0 Å². The van der Waals surface area contributed by atoms with Crippen molar-refractivity contribution in [3.63, 3.8) is 0 Å². The first-order valence-electron chi connectivity index (χ1n) is 5.55. The fraction of sp³-hybridized carbons (Fsp3) is 0.214. The molecule has 0 fully saturated rings. The molecule has 0 N–H and O–H groups in total. The molecule has 88 valence electrons. The third-order valence-corrected chi connectivity index (χ3v) is 4.06. The van der Waals surface area contributed by atoms with Crippen molar-refractivity contribution >= 4 is 28.7 Å². The van der Waals surface area contributed by atoms with E-state index in [4.69, 9.17) is 11.6 Å². The van der Waals surface area contributed by atoms with Crippen LogP contribution in [0.5, 0.6) is 0 Å². The van der Waals surface area contributed by atoms with E-state index >= 15 is 0 Å². The van der Waals surface area contributed by atoms with Gasteiger partial charge in [0.25, 0.3) is 0 Å². The first-order chi connectivity index (χ1) is 8.22. The molecule has 3 heteroatoms. The van der Waals surface area contributed by atoms with Gasteiger partial charge in [-0.15, -0.1) is 11.3 Å². The van der Waals surface area contributed by atoms with Crippen LogP contribution >= 0.6 is 22.9 Å². The fourth-order valence-electron chi connectivity index (χ4n) is 1.75. The largest absolute Gasteiger partial charge is 0.293 e. The normalized spacial score (nSPS) is 10.5. The Kier molecular flexibility index (Phi) is 3.97. The number of ketones is 1. The van der Waals surface area contributed by atoms with E-state index in [2.05, 4.69) is 6.92 Å². The van der Waals surface area contributed by atoms with Crippen LogP contribution in [0, 0.1) is 0 Å². The van der Waals surface area contributed by atoms with Crippen molar-refractivity contribution in [3.8, 4) is 0 Å². The van der Waals surface area contributed by atoms with Crippen LogP contribution in [0.1, 0.15) is 27.7 Å². The van der Waals surface area contributed by atoms with Gasteiger partial charge < -0.3 is 0 Å². The Balaban J connectivity index is 2.20. The molecule has 0 saturated heterocycles. The molecule has 0 bridgehead atoms. The zero-order valence-electron chi connectivity index (χ0n) is 9.57. The predicted octanol–water partition coefficient (Wildman–Crippen LogP) is 4.39. The third kappa shape index (κ3) is 2.76.